The van der Waals surface area contributed by atoms with Crippen LogP contribution in [0.1, 0.15) is 30.7 Å². The molecule has 1 aromatic carbocycles. The molecule has 0 amide bonds. The van der Waals surface area contributed by atoms with Crippen molar-refractivity contribution in [1.29, 1.82) is 0 Å². The monoisotopic (exact) mass is 392 g/mol. The Morgan fingerprint density at radius 1 is 0.966 bits per heavy atom. The fourth-order valence-corrected chi connectivity index (χ4v) is 3.00. The number of pyridine rings is 1. The molecule has 0 unspecified atom stereocenters. The lowest BCUT2D eigenvalue weighted by atomic mass is 10.1. The SMILES string of the molecule is CCOc1ccc(CCNc2nc(-c3cccnc3)nc(C)c2C)cc1OCC. The van der Waals surface area contributed by atoms with Gasteiger partial charge in [0.25, 0.3) is 0 Å². The van der Waals surface area contributed by atoms with Gasteiger partial charge in [0.05, 0.1) is 13.2 Å². The topological polar surface area (TPSA) is 69.2 Å². The van der Waals surface area contributed by atoms with Gasteiger partial charge in [0, 0.05) is 35.8 Å². The number of ether oxygens (including phenoxy) is 2. The molecule has 6 heteroatoms. The predicted octanol–water partition coefficient (Wildman–Crippen LogP) is 4.61. The Hall–Kier alpha value is -3.15. The average Bonchev–Trinajstić information content (AvgIpc) is 2.73. The summed E-state index contributed by atoms with van der Waals surface area (Å²) in [5, 5.41) is 3.46. The molecule has 0 spiro atoms. The molecule has 0 saturated heterocycles. The van der Waals surface area contributed by atoms with Gasteiger partial charge >= 0.3 is 0 Å². The summed E-state index contributed by atoms with van der Waals surface area (Å²) in [5.41, 5.74) is 4.10. The van der Waals surface area contributed by atoms with Crippen LogP contribution >= 0.6 is 0 Å². The van der Waals surface area contributed by atoms with E-state index in [0.29, 0.717) is 19.0 Å². The highest BCUT2D eigenvalue weighted by molar-refractivity contribution is 5.58. The van der Waals surface area contributed by atoms with Crippen molar-refractivity contribution in [2.45, 2.75) is 34.1 Å². The van der Waals surface area contributed by atoms with E-state index in [2.05, 4.69) is 27.4 Å². The van der Waals surface area contributed by atoms with Gasteiger partial charge in [-0.25, -0.2) is 9.97 Å². The first-order valence-corrected chi connectivity index (χ1v) is 10.00. The summed E-state index contributed by atoms with van der Waals surface area (Å²) in [5.74, 6) is 3.12. The van der Waals surface area contributed by atoms with Crippen LogP contribution in [0.5, 0.6) is 11.5 Å². The maximum Gasteiger partial charge on any atom is 0.163 e. The number of hydrogen-bond donors (Lipinski definition) is 1. The number of benzene rings is 1. The van der Waals surface area contributed by atoms with E-state index < -0.39 is 0 Å². The van der Waals surface area contributed by atoms with Crippen LogP contribution in [-0.2, 0) is 6.42 Å². The lowest BCUT2D eigenvalue weighted by Crippen LogP contribution is -2.10. The van der Waals surface area contributed by atoms with Crippen LogP contribution in [-0.4, -0.2) is 34.7 Å². The molecule has 6 nitrogen and oxygen atoms in total. The Morgan fingerprint density at radius 3 is 2.48 bits per heavy atom. The number of rotatable bonds is 9. The van der Waals surface area contributed by atoms with Gasteiger partial charge < -0.3 is 14.8 Å². The summed E-state index contributed by atoms with van der Waals surface area (Å²) in [6, 6.07) is 9.97. The highest BCUT2D eigenvalue weighted by Crippen LogP contribution is 2.29. The molecule has 0 fully saturated rings. The minimum atomic E-state index is 0.609. The fourth-order valence-electron chi connectivity index (χ4n) is 3.00. The molecule has 0 aliphatic rings. The van der Waals surface area contributed by atoms with Crippen molar-refractivity contribution in [3.8, 4) is 22.9 Å². The third kappa shape index (κ3) is 5.22. The third-order valence-corrected chi connectivity index (χ3v) is 4.62. The molecule has 29 heavy (non-hydrogen) atoms. The number of nitrogens with one attached hydrogen (secondary N) is 1. The maximum atomic E-state index is 5.72. The van der Waals surface area contributed by atoms with Crippen LogP contribution in [0.15, 0.2) is 42.7 Å². The van der Waals surface area contributed by atoms with Crippen molar-refractivity contribution >= 4 is 5.82 Å². The molecular formula is C23H28N4O2. The van der Waals surface area contributed by atoms with Gasteiger partial charge in [0.1, 0.15) is 5.82 Å². The number of anilines is 1. The van der Waals surface area contributed by atoms with Gasteiger partial charge in [-0.3, -0.25) is 4.98 Å². The Kier molecular flexibility index (Phi) is 7.00. The highest BCUT2D eigenvalue weighted by Gasteiger charge is 2.10. The quantitative estimate of drug-likeness (QED) is 0.574. The van der Waals surface area contributed by atoms with Crippen molar-refractivity contribution in [3.63, 3.8) is 0 Å². The lowest BCUT2D eigenvalue weighted by Gasteiger charge is -2.14. The van der Waals surface area contributed by atoms with E-state index in [1.54, 1.807) is 12.4 Å². The van der Waals surface area contributed by atoms with Crippen LogP contribution in [0.25, 0.3) is 11.4 Å². The lowest BCUT2D eigenvalue weighted by molar-refractivity contribution is 0.287. The summed E-state index contributed by atoms with van der Waals surface area (Å²) in [7, 11) is 0. The summed E-state index contributed by atoms with van der Waals surface area (Å²) in [6.07, 6.45) is 4.37. The molecule has 0 bridgehead atoms. The molecule has 0 atom stereocenters. The summed E-state index contributed by atoms with van der Waals surface area (Å²) in [4.78, 5) is 13.5. The smallest absolute Gasteiger partial charge is 0.163 e. The fraction of sp³-hybridized carbons (Fsp3) is 0.348. The Labute approximate surface area is 172 Å². The largest absolute Gasteiger partial charge is 0.490 e. The van der Waals surface area contributed by atoms with E-state index in [0.717, 1.165) is 47.1 Å². The number of hydrogen-bond acceptors (Lipinski definition) is 6. The Balaban J connectivity index is 1.72. The molecule has 2 aromatic heterocycles. The van der Waals surface area contributed by atoms with Crippen molar-refractivity contribution in [1.82, 2.24) is 15.0 Å². The average molecular weight is 393 g/mol. The van der Waals surface area contributed by atoms with Gasteiger partial charge in [0.2, 0.25) is 0 Å². The molecule has 1 N–H and O–H groups in total. The molecule has 2 heterocycles. The second-order valence-corrected chi connectivity index (χ2v) is 6.67. The molecule has 0 radical (unpaired) electrons. The second-order valence-electron chi connectivity index (χ2n) is 6.67. The first kappa shape index (κ1) is 20.6. The third-order valence-electron chi connectivity index (χ3n) is 4.62. The first-order valence-electron chi connectivity index (χ1n) is 10.00. The molecular weight excluding hydrogens is 364 g/mol. The van der Waals surface area contributed by atoms with Crippen molar-refractivity contribution in [2.24, 2.45) is 0 Å². The van der Waals surface area contributed by atoms with E-state index in [-0.39, 0.29) is 0 Å². The van der Waals surface area contributed by atoms with Crippen molar-refractivity contribution < 1.29 is 9.47 Å². The second kappa shape index (κ2) is 9.87. The minimum absolute atomic E-state index is 0.609. The molecule has 152 valence electrons. The van der Waals surface area contributed by atoms with Crippen LogP contribution in [0.3, 0.4) is 0 Å². The van der Waals surface area contributed by atoms with Crippen LogP contribution in [0.2, 0.25) is 0 Å². The van der Waals surface area contributed by atoms with E-state index in [1.807, 2.05) is 45.9 Å². The van der Waals surface area contributed by atoms with Crippen LogP contribution in [0, 0.1) is 13.8 Å². The molecule has 0 saturated carbocycles. The van der Waals surface area contributed by atoms with Gasteiger partial charge in [-0.15, -0.1) is 0 Å². The molecule has 3 rings (SSSR count). The van der Waals surface area contributed by atoms with E-state index in [1.165, 1.54) is 5.56 Å². The van der Waals surface area contributed by atoms with E-state index in [4.69, 9.17) is 14.5 Å². The number of nitrogens with zero attached hydrogens (tertiary/aromatic N) is 3. The first-order chi connectivity index (χ1) is 14.1. The molecule has 0 aliphatic heterocycles. The summed E-state index contributed by atoms with van der Waals surface area (Å²) >= 11 is 0. The van der Waals surface area contributed by atoms with Crippen molar-refractivity contribution in [3.05, 3.63) is 59.5 Å². The maximum absolute atomic E-state index is 5.72. The summed E-state index contributed by atoms with van der Waals surface area (Å²) in [6.45, 7) is 9.97. The van der Waals surface area contributed by atoms with E-state index >= 15 is 0 Å². The van der Waals surface area contributed by atoms with Crippen LogP contribution < -0.4 is 14.8 Å². The molecule has 0 aliphatic carbocycles. The van der Waals surface area contributed by atoms with Crippen LogP contribution in [0.4, 0.5) is 5.82 Å². The van der Waals surface area contributed by atoms with Gasteiger partial charge in [0.15, 0.2) is 17.3 Å². The Morgan fingerprint density at radius 2 is 1.76 bits per heavy atom. The molecule has 3 aromatic rings. The predicted molar refractivity (Wildman–Crippen MR) is 116 cm³/mol. The van der Waals surface area contributed by atoms with E-state index in [9.17, 15) is 0 Å². The van der Waals surface area contributed by atoms with Gasteiger partial charge in [-0.1, -0.05) is 6.07 Å². The standard InChI is InChI=1S/C23H28N4O2/c1-5-28-20-10-9-18(14-21(20)29-6-2)11-13-25-22-16(3)17(4)26-23(27-22)19-8-7-12-24-15-19/h7-10,12,14-15H,5-6,11,13H2,1-4H3,(H,25,26,27). The zero-order valence-corrected chi connectivity index (χ0v) is 17.5. The summed E-state index contributed by atoms with van der Waals surface area (Å²) < 4.78 is 11.4. The van der Waals surface area contributed by atoms with Gasteiger partial charge in [-0.2, -0.15) is 0 Å². The number of aromatic nitrogens is 3. The Bertz CT molecular complexity index is 945. The zero-order chi connectivity index (χ0) is 20.6. The normalized spacial score (nSPS) is 10.6. The van der Waals surface area contributed by atoms with Crippen molar-refractivity contribution in [2.75, 3.05) is 25.1 Å². The highest BCUT2D eigenvalue weighted by atomic mass is 16.5. The minimum Gasteiger partial charge on any atom is -0.490 e. The number of aryl methyl sites for hydroxylation is 1. The zero-order valence-electron chi connectivity index (χ0n) is 17.5. The van der Waals surface area contributed by atoms with Gasteiger partial charge in [-0.05, 0) is 63.9 Å².